The van der Waals surface area contributed by atoms with Crippen LogP contribution in [0.3, 0.4) is 0 Å². The Morgan fingerprint density at radius 2 is 2.00 bits per heavy atom. The van der Waals surface area contributed by atoms with E-state index in [2.05, 4.69) is 37.2 Å². The molecule has 0 aliphatic carbocycles. The van der Waals surface area contributed by atoms with E-state index in [4.69, 9.17) is 10.5 Å². The van der Waals surface area contributed by atoms with Gasteiger partial charge in [-0.25, -0.2) is 0 Å². The Kier molecular flexibility index (Phi) is 6.67. The molecule has 0 aliphatic heterocycles. The van der Waals surface area contributed by atoms with Gasteiger partial charge in [0.05, 0.1) is 16.1 Å². The molecule has 0 radical (unpaired) electrons. The molecule has 18 heavy (non-hydrogen) atoms. The zero-order valence-electron chi connectivity index (χ0n) is 10.1. The lowest BCUT2D eigenvalue weighted by atomic mass is 10.2. The fraction of sp³-hybridized carbons (Fsp3) is 0.417. The smallest absolute Gasteiger partial charge is 0.217 e. The van der Waals surface area contributed by atoms with E-state index in [-0.39, 0.29) is 5.91 Å². The van der Waals surface area contributed by atoms with Gasteiger partial charge in [0.15, 0.2) is 0 Å². The van der Waals surface area contributed by atoms with Gasteiger partial charge in [-0.2, -0.15) is 0 Å². The van der Waals surface area contributed by atoms with Gasteiger partial charge in [0.2, 0.25) is 5.91 Å². The topological polar surface area (TPSA) is 64.3 Å². The van der Waals surface area contributed by atoms with E-state index in [1.807, 2.05) is 12.1 Å². The van der Waals surface area contributed by atoms with Gasteiger partial charge in [0, 0.05) is 13.0 Å². The Labute approximate surface area is 124 Å². The lowest BCUT2D eigenvalue weighted by molar-refractivity contribution is -0.118. The third-order valence-corrected chi connectivity index (χ3v) is 3.55. The standard InChI is InChI=1S/C12H16Br2N2O2/c1-18-12-9(13)5-8(6-10(12)14)7-16-4-2-3-11(15)17/h5-6,16H,2-4,7H2,1H3,(H2,15,17). The van der Waals surface area contributed by atoms with Crippen molar-refractivity contribution in [1.82, 2.24) is 5.32 Å². The predicted molar refractivity (Wildman–Crippen MR) is 78.5 cm³/mol. The van der Waals surface area contributed by atoms with Gasteiger partial charge >= 0.3 is 0 Å². The lowest BCUT2D eigenvalue weighted by Gasteiger charge is -2.10. The van der Waals surface area contributed by atoms with Crippen LogP contribution in [-0.2, 0) is 11.3 Å². The number of rotatable bonds is 7. The molecule has 0 aliphatic rings. The lowest BCUT2D eigenvalue weighted by Crippen LogP contribution is -2.18. The summed E-state index contributed by atoms with van der Waals surface area (Å²) in [5.41, 5.74) is 6.20. The van der Waals surface area contributed by atoms with Crippen molar-refractivity contribution < 1.29 is 9.53 Å². The van der Waals surface area contributed by atoms with E-state index in [1.54, 1.807) is 7.11 Å². The summed E-state index contributed by atoms with van der Waals surface area (Å²) in [7, 11) is 1.63. The SMILES string of the molecule is COc1c(Br)cc(CNCCCC(N)=O)cc1Br. The van der Waals surface area contributed by atoms with Gasteiger partial charge in [0.1, 0.15) is 5.75 Å². The fourth-order valence-corrected chi connectivity index (χ4v) is 3.13. The van der Waals surface area contributed by atoms with Crippen molar-refractivity contribution in [2.75, 3.05) is 13.7 Å². The maximum atomic E-state index is 10.6. The number of primary amides is 1. The third-order valence-electron chi connectivity index (χ3n) is 2.37. The van der Waals surface area contributed by atoms with Gasteiger partial charge in [-0.1, -0.05) is 0 Å². The van der Waals surface area contributed by atoms with Crippen LogP contribution in [0, 0.1) is 0 Å². The molecule has 0 saturated carbocycles. The molecule has 0 unspecified atom stereocenters. The van der Waals surface area contributed by atoms with E-state index >= 15 is 0 Å². The number of amides is 1. The molecule has 100 valence electrons. The third kappa shape index (κ3) is 4.96. The molecule has 0 bridgehead atoms. The van der Waals surface area contributed by atoms with Crippen LogP contribution in [0.25, 0.3) is 0 Å². The van der Waals surface area contributed by atoms with E-state index in [9.17, 15) is 4.79 Å². The molecular weight excluding hydrogens is 364 g/mol. The van der Waals surface area contributed by atoms with Crippen LogP contribution in [-0.4, -0.2) is 19.6 Å². The monoisotopic (exact) mass is 378 g/mol. The molecule has 0 heterocycles. The molecule has 1 amide bonds. The molecule has 1 rings (SSSR count). The van der Waals surface area contributed by atoms with Gasteiger partial charge in [-0.05, 0) is 62.5 Å². The number of benzene rings is 1. The van der Waals surface area contributed by atoms with Crippen molar-refractivity contribution in [3.63, 3.8) is 0 Å². The first-order chi connectivity index (χ1) is 8.54. The zero-order chi connectivity index (χ0) is 13.5. The first-order valence-electron chi connectivity index (χ1n) is 5.55. The zero-order valence-corrected chi connectivity index (χ0v) is 13.3. The number of hydrogen-bond donors (Lipinski definition) is 2. The number of carbonyl (C=O) groups is 1. The van der Waals surface area contributed by atoms with Gasteiger partial charge in [-0.3, -0.25) is 4.79 Å². The number of nitrogens with two attached hydrogens (primary N) is 1. The molecule has 6 heteroatoms. The quantitative estimate of drug-likeness (QED) is 0.715. The second-order valence-electron chi connectivity index (χ2n) is 3.84. The number of ether oxygens (including phenoxy) is 1. The van der Waals surface area contributed by atoms with Gasteiger partial charge in [0.25, 0.3) is 0 Å². The van der Waals surface area contributed by atoms with Crippen LogP contribution in [0.1, 0.15) is 18.4 Å². The summed E-state index contributed by atoms with van der Waals surface area (Å²) in [5.74, 6) is 0.527. The molecular formula is C12H16Br2N2O2. The van der Waals surface area contributed by atoms with E-state index < -0.39 is 0 Å². The van der Waals surface area contributed by atoms with Crippen molar-refractivity contribution in [2.24, 2.45) is 5.73 Å². The Balaban J connectivity index is 2.46. The largest absolute Gasteiger partial charge is 0.494 e. The van der Waals surface area contributed by atoms with E-state index in [0.717, 1.165) is 39.8 Å². The Hall–Kier alpha value is -0.590. The second-order valence-corrected chi connectivity index (χ2v) is 5.55. The van der Waals surface area contributed by atoms with Crippen molar-refractivity contribution in [1.29, 1.82) is 0 Å². The van der Waals surface area contributed by atoms with E-state index in [0.29, 0.717) is 6.42 Å². The molecule has 3 N–H and O–H groups in total. The second kappa shape index (κ2) is 7.76. The first kappa shape index (κ1) is 15.5. The highest BCUT2D eigenvalue weighted by Gasteiger charge is 2.07. The highest BCUT2D eigenvalue weighted by molar-refractivity contribution is 9.11. The summed E-state index contributed by atoms with van der Waals surface area (Å²) in [6.07, 6.45) is 1.18. The molecule has 1 aromatic carbocycles. The Morgan fingerprint density at radius 1 is 1.39 bits per heavy atom. The molecule has 1 aromatic rings. The minimum atomic E-state index is -0.258. The van der Waals surface area contributed by atoms with Crippen LogP contribution >= 0.6 is 31.9 Å². The summed E-state index contributed by atoms with van der Waals surface area (Å²) in [4.78, 5) is 10.6. The van der Waals surface area contributed by atoms with E-state index in [1.165, 1.54) is 0 Å². The minimum Gasteiger partial charge on any atom is -0.494 e. The predicted octanol–water partition coefficient (Wildman–Crippen LogP) is 2.58. The molecule has 0 spiro atoms. The number of carbonyl (C=O) groups excluding carboxylic acids is 1. The molecule has 0 saturated heterocycles. The van der Waals surface area contributed by atoms with Gasteiger partial charge < -0.3 is 15.8 Å². The van der Waals surface area contributed by atoms with Crippen molar-refractivity contribution in [3.05, 3.63) is 26.6 Å². The van der Waals surface area contributed by atoms with Crippen LogP contribution in [0.4, 0.5) is 0 Å². The summed E-state index contributed by atoms with van der Waals surface area (Å²) in [5, 5.41) is 3.26. The molecule has 0 fully saturated rings. The number of halogens is 2. The maximum absolute atomic E-state index is 10.6. The first-order valence-corrected chi connectivity index (χ1v) is 7.14. The normalized spacial score (nSPS) is 10.4. The van der Waals surface area contributed by atoms with Crippen molar-refractivity contribution in [2.45, 2.75) is 19.4 Å². The fourth-order valence-electron chi connectivity index (χ4n) is 1.53. The molecule has 0 aromatic heterocycles. The van der Waals surface area contributed by atoms with Crippen LogP contribution < -0.4 is 15.8 Å². The minimum absolute atomic E-state index is 0.258. The molecule has 4 nitrogen and oxygen atoms in total. The summed E-state index contributed by atoms with van der Waals surface area (Å²) >= 11 is 6.91. The number of nitrogens with one attached hydrogen (secondary N) is 1. The van der Waals surface area contributed by atoms with Crippen LogP contribution in [0.2, 0.25) is 0 Å². The average molecular weight is 380 g/mol. The number of methoxy groups -OCH3 is 1. The summed E-state index contributed by atoms with van der Waals surface area (Å²) in [6, 6.07) is 4.01. The van der Waals surface area contributed by atoms with Crippen LogP contribution in [0.5, 0.6) is 5.75 Å². The Morgan fingerprint density at radius 3 is 2.50 bits per heavy atom. The van der Waals surface area contributed by atoms with Crippen molar-refractivity contribution in [3.8, 4) is 5.75 Å². The average Bonchev–Trinajstić information content (AvgIpc) is 2.27. The van der Waals surface area contributed by atoms with Crippen molar-refractivity contribution >= 4 is 37.8 Å². The maximum Gasteiger partial charge on any atom is 0.217 e. The highest BCUT2D eigenvalue weighted by Crippen LogP contribution is 2.34. The number of hydrogen-bond acceptors (Lipinski definition) is 3. The molecule has 0 atom stereocenters. The van der Waals surface area contributed by atoms with Crippen LogP contribution in [0.15, 0.2) is 21.1 Å². The summed E-state index contributed by atoms with van der Waals surface area (Å²) in [6.45, 7) is 1.50. The van der Waals surface area contributed by atoms with Gasteiger partial charge in [-0.15, -0.1) is 0 Å². The Bertz CT molecular complexity index is 402. The highest BCUT2D eigenvalue weighted by atomic mass is 79.9. The summed E-state index contributed by atoms with van der Waals surface area (Å²) < 4.78 is 7.06.